The highest BCUT2D eigenvalue weighted by atomic mass is 35.5. The Labute approximate surface area is 122 Å². The number of aromatic nitrogens is 3. The average Bonchev–Trinajstić information content (AvgIpc) is 2.98. The zero-order valence-corrected chi connectivity index (χ0v) is 11.6. The molecule has 6 nitrogen and oxygen atoms in total. The van der Waals surface area contributed by atoms with Crippen molar-refractivity contribution < 1.29 is 9.53 Å². The molecular weight excluding hydrogens is 280 g/mol. The number of halogens is 1. The molecule has 1 aliphatic rings. The quantitative estimate of drug-likeness (QED) is 0.803. The van der Waals surface area contributed by atoms with Crippen LogP contribution in [0.1, 0.15) is 0 Å². The van der Waals surface area contributed by atoms with Crippen molar-refractivity contribution in [2.24, 2.45) is 0 Å². The van der Waals surface area contributed by atoms with Gasteiger partial charge in [-0.3, -0.25) is 4.98 Å². The fraction of sp³-hybridized carbons (Fsp3) is 0.308. The van der Waals surface area contributed by atoms with Gasteiger partial charge in [-0.05, 0) is 18.2 Å². The van der Waals surface area contributed by atoms with Crippen LogP contribution in [-0.4, -0.2) is 52.0 Å². The third-order valence-corrected chi connectivity index (χ3v) is 3.02. The molecule has 0 saturated carbocycles. The molecule has 1 amide bonds. The standard InChI is InChI=1S/C13H14N4O2.ClH/c18-13(16-6-8-19-9-7-16)17-5-3-12(15-17)11-2-1-4-14-10-11;/h1-5,10H,6-9H2;1H. The maximum atomic E-state index is 12.2. The average molecular weight is 295 g/mol. The van der Waals surface area contributed by atoms with Crippen LogP contribution in [0.3, 0.4) is 0 Å². The summed E-state index contributed by atoms with van der Waals surface area (Å²) in [5, 5.41) is 4.30. The van der Waals surface area contributed by atoms with Crippen LogP contribution in [0, 0.1) is 0 Å². The minimum absolute atomic E-state index is 0. The third-order valence-electron chi connectivity index (χ3n) is 3.02. The number of hydrogen-bond acceptors (Lipinski definition) is 4. The lowest BCUT2D eigenvalue weighted by atomic mass is 10.2. The molecule has 3 rings (SSSR count). The highest BCUT2D eigenvalue weighted by Crippen LogP contribution is 2.15. The maximum absolute atomic E-state index is 12.2. The summed E-state index contributed by atoms with van der Waals surface area (Å²) in [6.45, 7) is 2.40. The molecule has 1 fully saturated rings. The molecule has 0 bridgehead atoms. The summed E-state index contributed by atoms with van der Waals surface area (Å²) in [4.78, 5) is 18.0. The lowest BCUT2D eigenvalue weighted by Crippen LogP contribution is -2.43. The van der Waals surface area contributed by atoms with Crippen LogP contribution in [0.25, 0.3) is 11.3 Å². The maximum Gasteiger partial charge on any atom is 0.344 e. The first-order valence-electron chi connectivity index (χ1n) is 6.18. The Hall–Kier alpha value is -1.92. The van der Waals surface area contributed by atoms with Crippen molar-refractivity contribution in [2.45, 2.75) is 0 Å². The molecule has 1 aliphatic heterocycles. The molecule has 7 heteroatoms. The van der Waals surface area contributed by atoms with Gasteiger partial charge in [0.05, 0.1) is 18.9 Å². The van der Waals surface area contributed by atoms with Gasteiger partial charge in [0.15, 0.2) is 0 Å². The van der Waals surface area contributed by atoms with E-state index in [0.717, 1.165) is 11.3 Å². The number of carbonyl (C=O) groups excluding carboxylic acids is 1. The number of carbonyl (C=O) groups is 1. The molecule has 0 unspecified atom stereocenters. The second kappa shape index (κ2) is 6.49. The smallest absolute Gasteiger partial charge is 0.344 e. The van der Waals surface area contributed by atoms with E-state index in [-0.39, 0.29) is 18.4 Å². The Morgan fingerprint density at radius 2 is 2.05 bits per heavy atom. The van der Waals surface area contributed by atoms with Gasteiger partial charge < -0.3 is 9.64 Å². The summed E-state index contributed by atoms with van der Waals surface area (Å²) < 4.78 is 6.60. The molecule has 0 spiro atoms. The van der Waals surface area contributed by atoms with Gasteiger partial charge in [-0.25, -0.2) is 4.79 Å². The van der Waals surface area contributed by atoms with Crippen molar-refractivity contribution in [2.75, 3.05) is 26.3 Å². The second-order valence-electron chi connectivity index (χ2n) is 4.27. The first-order chi connectivity index (χ1) is 9.34. The fourth-order valence-electron chi connectivity index (χ4n) is 2.00. The summed E-state index contributed by atoms with van der Waals surface area (Å²) in [5.41, 5.74) is 1.64. The lowest BCUT2D eigenvalue weighted by Gasteiger charge is -2.26. The summed E-state index contributed by atoms with van der Waals surface area (Å²) in [5.74, 6) is 0. The molecule has 0 atom stereocenters. The molecular formula is C13H15ClN4O2. The molecule has 0 radical (unpaired) electrons. The molecule has 0 N–H and O–H groups in total. The van der Waals surface area contributed by atoms with E-state index in [2.05, 4.69) is 10.1 Å². The van der Waals surface area contributed by atoms with Gasteiger partial charge in [-0.15, -0.1) is 12.4 Å². The number of pyridine rings is 1. The van der Waals surface area contributed by atoms with E-state index in [0.29, 0.717) is 26.3 Å². The Kier molecular flexibility index (Phi) is 4.70. The number of nitrogens with zero attached hydrogens (tertiary/aromatic N) is 4. The minimum atomic E-state index is -0.113. The third kappa shape index (κ3) is 2.97. The molecule has 1 saturated heterocycles. The number of hydrogen-bond donors (Lipinski definition) is 0. The van der Waals surface area contributed by atoms with E-state index in [1.165, 1.54) is 4.68 Å². The number of amides is 1. The Morgan fingerprint density at radius 3 is 2.75 bits per heavy atom. The predicted molar refractivity (Wildman–Crippen MR) is 75.9 cm³/mol. The molecule has 0 aromatic carbocycles. The van der Waals surface area contributed by atoms with Crippen LogP contribution in [0.15, 0.2) is 36.8 Å². The molecule has 2 aromatic rings. The van der Waals surface area contributed by atoms with Crippen LogP contribution in [0.2, 0.25) is 0 Å². The van der Waals surface area contributed by atoms with Crippen LogP contribution in [0.4, 0.5) is 4.79 Å². The van der Waals surface area contributed by atoms with Crippen molar-refractivity contribution >= 4 is 18.4 Å². The van der Waals surface area contributed by atoms with Crippen molar-refractivity contribution in [1.82, 2.24) is 19.7 Å². The molecule has 0 aliphatic carbocycles. The molecule has 3 heterocycles. The van der Waals surface area contributed by atoms with E-state index in [4.69, 9.17) is 4.74 Å². The molecule has 20 heavy (non-hydrogen) atoms. The Balaban J connectivity index is 0.00000147. The zero-order chi connectivity index (χ0) is 13.1. The zero-order valence-electron chi connectivity index (χ0n) is 10.8. The largest absolute Gasteiger partial charge is 0.378 e. The highest BCUT2D eigenvalue weighted by Gasteiger charge is 2.19. The highest BCUT2D eigenvalue weighted by molar-refractivity contribution is 5.85. The minimum Gasteiger partial charge on any atom is -0.378 e. The second-order valence-corrected chi connectivity index (χ2v) is 4.27. The summed E-state index contributed by atoms with van der Waals surface area (Å²) >= 11 is 0. The van der Waals surface area contributed by atoms with Gasteiger partial charge in [-0.2, -0.15) is 9.78 Å². The van der Waals surface area contributed by atoms with E-state index in [9.17, 15) is 4.79 Å². The summed E-state index contributed by atoms with van der Waals surface area (Å²) in [6.07, 6.45) is 5.12. The van der Waals surface area contributed by atoms with Crippen molar-refractivity contribution in [1.29, 1.82) is 0 Å². The van der Waals surface area contributed by atoms with E-state index < -0.39 is 0 Å². The molecule has 2 aromatic heterocycles. The SMILES string of the molecule is Cl.O=C(N1CCOCC1)n1ccc(-c2cccnc2)n1. The number of rotatable bonds is 1. The van der Waals surface area contributed by atoms with Gasteiger partial charge in [0.1, 0.15) is 0 Å². The van der Waals surface area contributed by atoms with Crippen molar-refractivity contribution in [3.63, 3.8) is 0 Å². The predicted octanol–water partition coefficient (Wildman–Crippen LogP) is 1.67. The van der Waals surface area contributed by atoms with Crippen molar-refractivity contribution in [3.05, 3.63) is 36.8 Å². The Bertz CT molecular complexity index is 567. The monoisotopic (exact) mass is 294 g/mol. The van der Waals surface area contributed by atoms with E-state index in [1.54, 1.807) is 23.5 Å². The summed E-state index contributed by atoms with van der Waals surface area (Å²) in [7, 11) is 0. The van der Waals surface area contributed by atoms with Gasteiger partial charge in [-0.1, -0.05) is 0 Å². The van der Waals surface area contributed by atoms with E-state index in [1.807, 2.05) is 18.2 Å². The van der Waals surface area contributed by atoms with Crippen LogP contribution < -0.4 is 0 Å². The number of morpholine rings is 1. The van der Waals surface area contributed by atoms with Gasteiger partial charge in [0, 0.05) is 37.2 Å². The van der Waals surface area contributed by atoms with Crippen LogP contribution >= 0.6 is 12.4 Å². The van der Waals surface area contributed by atoms with Crippen molar-refractivity contribution in [3.8, 4) is 11.3 Å². The van der Waals surface area contributed by atoms with Crippen LogP contribution in [-0.2, 0) is 4.74 Å². The van der Waals surface area contributed by atoms with Crippen LogP contribution in [0.5, 0.6) is 0 Å². The van der Waals surface area contributed by atoms with Gasteiger partial charge in [0.2, 0.25) is 0 Å². The topological polar surface area (TPSA) is 60.2 Å². The number of ether oxygens (including phenoxy) is 1. The van der Waals surface area contributed by atoms with Gasteiger partial charge in [0.25, 0.3) is 0 Å². The molecule has 106 valence electrons. The first kappa shape index (κ1) is 14.5. The first-order valence-corrected chi connectivity index (χ1v) is 6.18. The van der Waals surface area contributed by atoms with E-state index >= 15 is 0 Å². The van der Waals surface area contributed by atoms with Gasteiger partial charge >= 0.3 is 6.03 Å². The normalized spacial score (nSPS) is 14.7. The fourth-order valence-corrected chi connectivity index (χ4v) is 2.00. The Morgan fingerprint density at radius 1 is 1.25 bits per heavy atom. The lowest BCUT2D eigenvalue weighted by molar-refractivity contribution is 0.0529. The summed E-state index contributed by atoms with van der Waals surface area (Å²) in [6, 6.07) is 5.46.